The van der Waals surface area contributed by atoms with Gasteiger partial charge < -0.3 is 16.0 Å². The molecule has 0 spiro atoms. The van der Waals surface area contributed by atoms with Crippen LogP contribution in [0.1, 0.15) is 30.5 Å². The number of para-hydroxylation sites is 1. The number of hydrogen-bond acceptors (Lipinski definition) is 3. The molecule has 1 atom stereocenters. The first-order valence-corrected chi connectivity index (χ1v) is 7.90. The molecular weight excluding hydrogens is 304 g/mol. The molecule has 6 heteroatoms. The molecule has 0 fully saturated rings. The number of carbonyl (C=O) groups is 2. The monoisotopic (exact) mass is 326 g/mol. The number of rotatable bonds is 6. The highest BCUT2D eigenvalue weighted by molar-refractivity contribution is 5.91. The number of benzene rings is 1. The van der Waals surface area contributed by atoms with Crippen LogP contribution in [0.3, 0.4) is 0 Å². The molecule has 0 saturated heterocycles. The van der Waals surface area contributed by atoms with E-state index in [4.69, 9.17) is 0 Å². The smallest absolute Gasteiger partial charge is 0.319 e. The zero-order valence-electron chi connectivity index (χ0n) is 13.9. The molecule has 0 aliphatic heterocycles. The Balaban J connectivity index is 2.05. The van der Waals surface area contributed by atoms with Crippen molar-refractivity contribution in [2.45, 2.75) is 25.8 Å². The molecule has 24 heavy (non-hydrogen) atoms. The molecule has 1 aromatic heterocycles. The first kappa shape index (κ1) is 17.5. The number of anilines is 1. The van der Waals surface area contributed by atoms with Gasteiger partial charge in [0, 0.05) is 25.1 Å². The van der Waals surface area contributed by atoms with Crippen LogP contribution in [0.25, 0.3) is 0 Å². The van der Waals surface area contributed by atoms with Gasteiger partial charge in [-0.05, 0) is 35.7 Å². The number of nitrogens with one attached hydrogen (secondary N) is 3. The molecule has 1 unspecified atom stereocenters. The molecule has 1 aromatic carbocycles. The lowest BCUT2D eigenvalue weighted by atomic mass is 10.1. The molecule has 3 amide bonds. The molecule has 0 bridgehead atoms. The zero-order valence-corrected chi connectivity index (χ0v) is 13.9. The molecule has 126 valence electrons. The van der Waals surface area contributed by atoms with Gasteiger partial charge in [-0.1, -0.05) is 25.1 Å². The molecule has 0 aliphatic rings. The molecule has 2 aromatic rings. The van der Waals surface area contributed by atoms with E-state index in [9.17, 15) is 9.59 Å². The number of likely N-dealkylation sites (N-methyl/N-ethyl adjacent to an activating group) is 1. The minimum absolute atomic E-state index is 0.0981. The van der Waals surface area contributed by atoms with Gasteiger partial charge in [0.15, 0.2) is 0 Å². The van der Waals surface area contributed by atoms with E-state index in [1.54, 1.807) is 25.5 Å². The predicted molar refractivity (Wildman–Crippen MR) is 93.6 cm³/mol. The van der Waals surface area contributed by atoms with Crippen molar-refractivity contribution in [3.8, 4) is 0 Å². The molecular formula is C18H22N4O2. The summed E-state index contributed by atoms with van der Waals surface area (Å²) in [6.07, 6.45) is 4.39. The number of aromatic nitrogens is 1. The van der Waals surface area contributed by atoms with Gasteiger partial charge in [0.25, 0.3) is 0 Å². The molecule has 0 aliphatic carbocycles. The fourth-order valence-corrected chi connectivity index (χ4v) is 2.39. The number of pyridine rings is 1. The first-order chi connectivity index (χ1) is 11.6. The lowest BCUT2D eigenvalue weighted by Gasteiger charge is -2.18. The van der Waals surface area contributed by atoms with Crippen LogP contribution < -0.4 is 16.0 Å². The van der Waals surface area contributed by atoms with E-state index in [1.807, 2.05) is 37.3 Å². The Kier molecular flexibility index (Phi) is 6.31. The van der Waals surface area contributed by atoms with E-state index < -0.39 is 0 Å². The van der Waals surface area contributed by atoms with E-state index >= 15 is 0 Å². The summed E-state index contributed by atoms with van der Waals surface area (Å²) < 4.78 is 0. The zero-order chi connectivity index (χ0) is 17.4. The molecule has 2 rings (SSSR count). The number of hydrogen-bond donors (Lipinski definition) is 3. The summed E-state index contributed by atoms with van der Waals surface area (Å²) in [5, 5.41) is 8.36. The Bertz CT molecular complexity index is 688. The number of amides is 3. The fraction of sp³-hybridized carbons (Fsp3) is 0.278. The van der Waals surface area contributed by atoms with Gasteiger partial charge in [-0.3, -0.25) is 9.78 Å². The van der Waals surface area contributed by atoms with Crippen molar-refractivity contribution < 1.29 is 9.59 Å². The number of nitrogens with zero attached hydrogens (tertiary/aromatic N) is 1. The number of carbonyl (C=O) groups excluding carboxylic acids is 2. The lowest BCUT2D eigenvalue weighted by Crippen LogP contribution is -2.32. The Hall–Kier alpha value is -2.89. The third-order valence-corrected chi connectivity index (χ3v) is 3.72. The van der Waals surface area contributed by atoms with Crippen molar-refractivity contribution in [3.63, 3.8) is 0 Å². The van der Waals surface area contributed by atoms with Crippen LogP contribution in [-0.2, 0) is 11.2 Å². The SMILES string of the molecule is CCC(NC(=O)Nc1ccccc1CC(=O)NC)c1ccncc1. The summed E-state index contributed by atoms with van der Waals surface area (Å²) in [5.41, 5.74) is 2.40. The predicted octanol–water partition coefficient (Wildman–Crippen LogP) is 2.64. The highest BCUT2D eigenvalue weighted by Gasteiger charge is 2.14. The van der Waals surface area contributed by atoms with Crippen LogP contribution in [0, 0.1) is 0 Å². The van der Waals surface area contributed by atoms with Crippen molar-refractivity contribution in [2.24, 2.45) is 0 Å². The number of urea groups is 1. The Morgan fingerprint density at radius 2 is 1.83 bits per heavy atom. The molecule has 6 nitrogen and oxygen atoms in total. The van der Waals surface area contributed by atoms with Gasteiger partial charge in [0.1, 0.15) is 0 Å². The fourth-order valence-electron chi connectivity index (χ4n) is 2.39. The van der Waals surface area contributed by atoms with Gasteiger partial charge in [0.05, 0.1) is 12.5 Å². The summed E-state index contributed by atoms with van der Waals surface area (Å²) in [4.78, 5) is 27.9. The third kappa shape index (κ3) is 4.81. The highest BCUT2D eigenvalue weighted by atomic mass is 16.2. The van der Waals surface area contributed by atoms with Crippen molar-refractivity contribution >= 4 is 17.6 Å². The highest BCUT2D eigenvalue weighted by Crippen LogP contribution is 2.18. The van der Waals surface area contributed by atoms with Crippen molar-refractivity contribution in [2.75, 3.05) is 12.4 Å². The molecule has 0 saturated carbocycles. The van der Waals surface area contributed by atoms with Crippen molar-refractivity contribution in [1.29, 1.82) is 0 Å². The van der Waals surface area contributed by atoms with Crippen molar-refractivity contribution in [1.82, 2.24) is 15.6 Å². The second-order valence-electron chi connectivity index (χ2n) is 5.35. The summed E-state index contributed by atoms with van der Waals surface area (Å²) in [7, 11) is 1.59. The molecule has 3 N–H and O–H groups in total. The van der Waals surface area contributed by atoms with Crippen LogP contribution in [-0.4, -0.2) is 24.0 Å². The van der Waals surface area contributed by atoms with Crippen molar-refractivity contribution in [3.05, 3.63) is 59.9 Å². The van der Waals surface area contributed by atoms with Crippen LogP contribution in [0.5, 0.6) is 0 Å². The minimum atomic E-state index is -0.303. The van der Waals surface area contributed by atoms with Gasteiger partial charge in [-0.15, -0.1) is 0 Å². The average Bonchev–Trinajstić information content (AvgIpc) is 2.62. The van der Waals surface area contributed by atoms with Gasteiger partial charge >= 0.3 is 6.03 Å². The molecule has 1 heterocycles. The van der Waals surface area contributed by atoms with Crippen LogP contribution in [0.2, 0.25) is 0 Å². The van der Waals surface area contributed by atoms with E-state index in [0.29, 0.717) is 5.69 Å². The Morgan fingerprint density at radius 1 is 1.12 bits per heavy atom. The van der Waals surface area contributed by atoms with Crippen LogP contribution in [0.15, 0.2) is 48.8 Å². The van der Waals surface area contributed by atoms with Crippen LogP contribution in [0.4, 0.5) is 10.5 Å². The maximum absolute atomic E-state index is 12.3. The topological polar surface area (TPSA) is 83.1 Å². The maximum Gasteiger partial charge on any atom is 0.319 e. The summed E-state index contributed by atoms with van der Waals surface area (Å²) >= 11 is 0. The summed E-state index contributed by atoms with van der Waals surface area (Å²) in [5.74, 6) is -0.104. The summed E-state index contributed by atoms with van der Waals surface area (Å²) in [6.45, 7) is 2.00. The van der Waals surface area contributed by atoms with Gasteiger partial charge in [0.2, 0.25) is 5.91 Å². The van der Waals surface area contributed by atoms with Gasteiger partial charge in [-0.2, -0.15) is 0 Å². The van der Waals surface area contributed by atoms with E-state index in [1.165, 1.54) is 0 Å². The Labute approximate surface area is 141 Å². The van der Waals surface area contributed by atoms with Gasteiger partial charge in [-0.25, -0.2) is 4.79 Å². The summed E-state index contributed by atoms with van der Waals surface area (Å²) in [6, 6.07) is 10.6. The Morgan fingerprint density at radius 3 is 2.50 bits per heavy atom. The normalized spacial score (nSPS) is 11.4. The third-order valence-electron chi connectivity index (χ3n) is 3.72. The molecule has 0 radical (unpaired) electrons. The average molecular weight is 326 g/mol. The first-order valence-electron chi connectivity index (χ1n) is 7.90. The van der Waals surface area contributed by atoms with E-state index in [2.05, 4.69) is 20.9 Å². The maximum atomic E-state index is 12.3. The standard InChI is InChI=1S/C18H22N4O2/c1-3-15(13-8-10-20-11-9-13)21-18(24)22-16-7-5-4-6-14(16)12-17(23)19-2/h4-11,15H,3,12H2,1-2H3,(H,19,23)(H2,21,22,24). The lowest BCUT2D eigenvalue weighted by molar-refractivity contribution is -0.119. The quantitative estimate of drug-likeness (QED) is 0.763. The van der Waals surface area contributed by atoms with E-state index in [0.717, 1.165) is 17.5 Å². The second-order valence-corrected chi connectivity index (χ2v) is 5.35. The minimum Gasteiger partial charge on any atom is -0.359 e. The largest absolute Gasteiger partial charge is 0.359 e. The van der Waals surface area contributed by atoms with Crippen LogP contribution >= 0.6 is 0 Å². The van der Waals surface area contributed by atoms with E-state index in [-0.39, 0.29) is 24.4 Å². The second kappa shape index (κ2) is 8.67.